The molecule has 6 rings (SSSR count). The zero-order valence-electron chi connectivity index (χ0n) is 31.3. The van der Waals surface area contributed by atoms with E-state index in [-0.39, 0.29) is 42.4 Å². The largest absolute Gasteiger partial charge is 0.492 e. The summed E-state index contributed by atoms with van der Waals surface area (Å²) in [6.45, 7) is 7.87. The van der Waals surface area contributed by atoms with Crippen molar-refractivity contribution in [3.8, 4) is 6.07 Å². The van der Waals surface area contributed by atoms with Gasteiger partial charge in [0.05, 0.1) is 29.2 Å². The van der Waals surface area contributed by atoms with Crippen LogP contribution in [0.5, 0.6) is 0 Å². The van der Waals surface area contributed by atoms with Crippen molar-refractivity contribution in [3.05, 3.63) is 107 Å². The third-order valence-corrected chi connectivity index (χ3v) is 9.01. The van der Waals surface area contributed by atoms with Crippen LogP contribution in [-0.2, 0) is 29.1 Å². The second-order valence-corrected chi connectivity index (χ2v) is 12.9. The summed E-state index contributed by atoms with van der Waals surface area (Å²) in [5, 5.41) is 31.5. The van der Waals surface area contributed by atoms with E-state index in [0.717, 1.165) is 11.1 Å². The topological polar surface area (TPSA) is 225 Å². The minimum Gasteiger partial charge on any atom is -0.492 e. The van der Waals surface area contributed by atoms with E-state index in [1.807, 2.05) is 24.3 Å². The Morgan fingerprint density at radius 1 is 1.02 bits per heavy atom. The quantitative estimate of drug-likeness (QED) is 0.0504. The summed E-state index contributed by atoms with van der Waals surface area (Å²) in [4.78, 5) is 58.7. The number of aromatic nitrogens is 5. The highest BCUT2D eigenvalue weighted by molar-refractivity contribution is 5.94. The maximum Gasteiger partial charge on any atom is 0.278 e. The van der Waals surface area contributed by atoms with Crippen molar-refractivity contribution in [2.24, 2.45) is 9.98 Å². The Bertz CT molecular complexity index is 2350. The van der Waals surface area contributed by atoms with Crippen LogP contribution in [0.25, 0.3) is 11.0 Å². The van der Waals surface area contributed by atoms with Gasteiger partial charge in [-0.1, -0.05) is 24.3 Å². The number of nitrogens with one attached hydrogen (secondary N) is 5. The van der Waals surface area contributed by atoms with E-state index in [2.05, 4.69) is 73.9 Å². The number of likely N-dealkylation sites (N-methyl/N-ethyl adjacent to an activating group) is 1. The fraction of sp³-hybridized carbons (Fsp3) is 0.256. The number of rotatable bonds is 15. The van der Waals surface area contributed by atoms with Crippen molar-refractivity contribution in [1.82, 2.24) is 40.0 Å². The number of nitriles is 1. The molecule has 0 radical (unpaired) electrons. The van der Waals surface area contributed by atoms with E-state index < -0.39 is 23.6 Å². The first-order valence-electron chi connectivity index (χ1n) is 18.0. The molecule has 6 N–H and O–H groups in total. The van der Waals surface area contributed by atoms with Gasteiger partial charge in [0.15, 0.2) is 5.70 Å². The number of aromatic amines is 1. The van der Waals surface area contributed by atoms with Gasteiger partial charge in [-0.15, -0.1) is 0 Å². The Balaban J connectivity index is 1.18. The molecule has 0 bridgehead atoms. The van der Waals surface area contributed by atoms with Crippen molar-refractivity contribution in [1.29, 1.82) is 5.26 Å². The molecule has 18 heteroatoms. The predicted octanol–water partition coefficient (Wildman–Crippen LogP) is 4.05. The summed E-state index contributed by atoms with van der Waals surface area (Å²) < 4.78 is 13.8. The SMILES string of the molecule is C=N/C(C(=O)N1CCN(Cc2cccc(Nc3nc(NCc4nc5cc(F)ccc5[nH]4)nc(N[C@@H](Cc4ccc(C#N)cc4)C(=O)NC)n3)c2)CC1)=C(O)\N=C/C. The van der Waals surface area contributed by atoms with Crippen LogP contribution >= 0.6 is 0 Å². The van der Waals surface area contributed by atoms with E-state index in [1.165, 1.54) is 25.4 Å². The van der Waals surface area contributed by atoms with E-state index >= 15 is 0 Å². The molecule has 0 spiro atoms. The van der Waals surface area contributed by atoms with Crippen LogP contribution in [0.15, 0.2) is 88.3 Å². The molecule has 2 amide bonds. The third-order valence-electron chi connectivity index (χ3n) is 9.01. The number of hydrogen-bond acceptors (Lipinski definition) is 14. The Labute approximate surface area is 327 Å². The molecule has 3 heterocycles. The number of piperazine rings is 1. The van der Waals surface area contributed by atoms with Crippen LogP contribution in [0.1, 0.15) is 29.4 Å². The lowest BCUT2D eigenvalue weighted by atomic mass is 10.0. The van der Waals surface area contributed by atoms with Gasteiger partial charge >= 0.3 is 0 Å². The molecular formula is C39H41FN14O3. The molecule has 1 atom stereocenters. The Morgan fingerprint density at radius 3 is 2.49 bits per heavy atom. The number of carbonyl (C=O) groups excluding carboxylic acids is 2. The number of aliphatic imine (C=N–C) groups is 2. The second-order valence-electron chi connectivity index (χ2n) is 12.9. The summed E-state index contributed by atoms with van der Waals surface area (Å²) in [6, 6.07) is 20.3. The number of amides is 2. The number of nitrogens with zero attached hydrogens (tertiary/aromatic N) is 9. The normalized spacial score (nSPS) is 14.1. The molecule has 1 saturated heterocycles. The summed E-state index contributed by atoms with van der Waals surface area (Å²) in [7, 11) is 1.54. The van der Waals surface area contributed by atoms with Crippen LogP contribution in [0.4, 0.5) is 27.9 Å². The van der Waals surface area contributed by atoms with Gasteiger partial charge in [0.25, 0.3) is 5.91 Å². The fourth-order valence-electron chi connectivity index (χ4n) is 6.16. The van der Waals surface area contributed by atoms with Gasteiger partial charge in [-0.25, -0.2) is 14.4 Å². The second kappa shape index (κ2) is 18.4. The van der Waals surface area contributed by atoms with Gasteiger partial charge in [-0.2, -0.15) is 20.2 Å². The molecule has 292 valence electrons. The average Bonchev–Trinajstić information content (AvgIpc) is 3.62. The monoisotopic (exact) mass is 772 g/mol. The number of aliphatic hydroxyl groups is 1. The van der Waals surface area contributed by atoms with Crippen molar-refractivity contribution in [3.63, 3.8) is 0 Å². The zero-order valence-corrected chi connectivity index (χ0v) is 31.3. The van der Waals surface area contributed by atoms with Crippen LogP contribution in [0.3, 0.4) is 0 Å². The van der Waals surface area contributed by atoms with Crippen LogP contribution < -0.4 is 21.3 Å². The Morgan fingerprint density at radius 2 is 1.77 bits per heavy atom. The van der Waals surface area contributed by atoms with E-state index in [4.69, 9.17) is 0 Å². The number of anilines is 4. The van der Waals surface area contributed by atoms with Gasteiger partial charge < -0.3 is 36.3 Å². The van der Waals surface area contributed by atoms with Crippen LogP contribution in [0, 0.1) is 17.1 Å². The van der Waals surface area contributed by atoms with Gasteiger partial charge in [0, 0.05) is 64.2 Å². The number of halogens is 1. The van der Waals surface area contributed by atoms with Crippen LogP contribution in [-0.4, -0.2) is 104 Å². The summed E-state index contributed by atoms with van der Waals surface area (Å²) in [5.74, 6) is -0.569. The van der Waals surface area contributed by atoms with Crippen molar-refractivity contribution in [2.45, 2.75) is 32.5 Å². The van der Waals surface area contributed by atoms with Crippen molar-refractivity contribution in [2.75, 3.05) is 49.2 Å². The average molecular weight is 773 g/mol. The molecule has 1 fully saturated rings. The molecule has 57 heavy (non-hydrogen) atoms. The van der Waals surface area contributed by atoms with Gasteiger partial charge in [0.2, 0.25) is 29.6 Å². The Kier molecular flexibility index (Phi) is 12.7. The Hall–Kier alpha value is -7.26. The zero-order chi connectivity index (χ0) is 40.3. The highest BCUT2D eigenvalue weighted by Crippen LogP contribution is 2.21. The number of carbonyl (C=O) groups is 2. The summed E-state index contributed by atoms with van der Waals surface area (Å²) >= 11 is 0. The first-order valence-corrected chi connectivity index (χ1v) is 18.0. The smallest absolute Gasteiger partial charge is 0.278 e. The molecule has 5 aromatic rings. The lowest BCUT2D eigenvalue weighted by molar-refractivity contribution is -0.129. The predicted molar refractivity (Wildman–Crippen MR) is 214 cm³/mol. The molecule has 17 nitrogen and oxygen atoms in total. The van der Waals surface area contributed by atoms with E-state index in [0.29, 0.717) is 60.8 Å². The number of imidazole rings is 1. The highest BCUT2D eigenvalue weighted by Gasteiger charge is 2.26. The summed E-state index contributed by atoms with van der Waals surface area (Å²) in [6.07, 6.45) is 1.65. The molecule has 0 unspecified atom stereocenters. The molecular weight excluding hydrogens is 732 g/mol. The first-order chi connectivity index (χ1) is 27.6. The van der Waals surface area contributed by atoms with Crippen molar-refractivity contribution < 1.29 is 19.1 Å². The number of H-pyrrole nitrogens is 1. The highest BCUT2D eigenvalue weighted by atomic mass is 19.1. The molecule has 3 aromatic carbocycles. The molecule has 1 aliphatic heterocycles. The number of hydrogen-bond donors (Lipinski definition) is 6. The van der Waals surface area contributed by atoms with E-state index in [1.54, 1.807) is 42.2 Å². The first kappa shape index (κ1) is 39.4. The molecule has 1 aliphatic rings. The van der Waals surface area contributed by atoms with Gasteiger partial charge in [-0.05, 0) is 61.2 Å². The van der Waals surface area contributed by atoms with Gasteiger partial charge in [-0.3, -0.25) is 19.5 Å². The maximum atomic E-state index is 13.8. The molecule has 0 saturated carbocycles. The number of aliphatic hydroxyl groups excluding tert-OH is 1. The third kappa shape index (κ3) is 10.3. The minimum atomic E-state index is -0.776. The lowest BCUT2D eigenvalue weighted by Crippen LogP contribution is -2.48. The lowest BCUT2D eigenvalue weighted by Gasteiger charge is -2.34. The fourth-order valence-corrected chi connectivity index (χ4v) is 6.16. The summed E-state index contributed by atoms with van der Waals surface area (Å²) in [5.41, 5.74) is 4.00. The van der Waals surface area contributed by atoms with Crippen molar-refractivity contribution >= 4 is 59.3 Å². The molecule has 0 aliphatic carbocycles. The number of benzene rings is 3. The number of fused-ring (bicyclic) bond motifs is 1. The maximum absolute atomic E-state index is 13.8. The standard InChI is InChI=1S/C39H41FN14O3/c1-4-44-35(56)33(42-2)36(57)54-16-14-53(15-17-54)23-26-6-5-7-28(18-26)46-38-50-37(45-22-32-47-29-13-12-27(40)20-30(29)48-32)51-39(52-38)49-31(34(55)43-3)19-24-8-10-25(21-41)11-9-24/h4-13,18,20,31,56H,2,14-17,19,22-23H2,1,3H3,(H,43,55)(H,47,48)(H3,45,46,49,50,51,52)/b35-33+,44-4-/t31-/m0/s1. The minimum absolute atomic E-state index is 0.118. The molecule has 2 aromatic heterocycles. The van der Waals surface area contributed by atoms with Crippen LogP contribution in [0.2, 0.25) is 0 Å². The van der Waals surface area contributed by atoms with Gasteiger partial charge in [0.1, 0.15) is 17.7 Å². The van der Waals surface area contributed by atoms with E-state index in [9.17, 15) is 24.3 Å².